The van der Waals surface area contributed by atoms with Crippen LogP contribution in [0.25, 0.3) is 0 Å². The highest BCUT2D eigenvalue weighted by molar-refractivity contribution is 5.72. The van der Waals surface area contributed by atoms with E-state index < -0.39 is 18.1 Å². The number of carbonyl (C=O) groups is 3. The van der Waals surface area contributed by atoms with Gasteiger partial charge in [0.1, 0.15) is 6.61 Å². The minimum absolute atomic E-state index is 0.0515. The molecular formula is C46H86NO7+. The van der Waals surface area contributed by atoms with Crippen LogP contribution in [0.1, 0.15) is 200 Å². The highest BCUT2D eigenvalue weighted by Gasteiger charge is 2.31. The molecule has 0 aromatic heterocycles. The zero-order valence-corrected chi connectivity index (χ0v) is 35.9. The van der Waals surface area contributed by atoms with Crippen LogP contribution in [0.5, 0.6) is 0 Å². The van der Waals surface area contributed by atoms with Crippen molar-refractivity contribution in [3.05, 3.63) is 24.3 Å². The fraction of sp³-hybridized carbons (Fsp3) is 0.848. The number of aliphatic carboxylic acids is 1. The molecule has 0 spiro atoms. The number of ether oxygens (including phenoxy) is 3. The van der Waals surface area contributed by atoms with Gasteiger partial charge in [-0.15, -0.1) is 0 Å². The average molecular weight is 765 g/mol. The van der Waals surface area contributed by atoms with E-state index in [0.717, 1.165) is 44.9 Å². The molecule has 0 aromatic rings. The summed E-state index contributed by atoms with van der Waals surface area (Å²) in [6.07, 6.45) is 41.1. The van der Waals surface area contributed by atoms with E-state index in [0.29, 0.717) is 19.3 Å². The van der Waals surface area contributed by atoms with E-state index in [2.05, 4.69) is 38.2 Å². The average Bonchev–Trinajstić information content (AvgIpc) is 3.12. The summed E-state index contributed by atoms with van der Waals surface area (Å²) in [5.41, 5.74) is 0. The minimum atomic E-state index is -0.879. The lowest BCUT2D eigenvalue weighted by molar-refractivity contribution is -0.887. The van der Waals surface area contributed by atoms with Gasteiger partial charge in [-0.2, -0.15) is 0 Å². The van der Waals surface area contributed by atoms with Crippen molar-refractivity contribution in [1.29, 1.82) is 0 Å². The van der Waals surface area contributed by atoms with E-state index in [1.807, 2.05) is 21.1 Å². The molecule has 0 rings (SSSR count). The van der Waals surface area contributed by atoms with Crippen LogP contribution < -0.4 is 0 Å². The third-order valence-corrected chi connectivity index (χ3v) is 10.1. The van der Waals surface area contributed by atoms with E-state index in [-0.39, 0.29) is 42.7 Å². The number of allylic oxidation sites excluding steroid dienone is 4. The minimum Gasteiger partial charge on any atom is -0.477 e. The summed E-state index contributed by atoms with van der Waals surface area (Å²) in [6, 6.07) is -0.616. The molecule has 0 radical (unpaired) electrons. The van der Waals surface area contributed by atoms with Crippen LogP contribution in [0, 0.1) is 0 Å². The first-order valence-electron chi connectivity index (χ1n) is 22.4. The molecule has 0 aliphatic rings. The Morgan fingerprint density at radius 3 is 1.52 bits per heavy atom. The van der Waals surface area contributed by atoms with Gasteiger partial charge in [0.2, 0.25) is 0 Å². The molecular weight excluding hydrogens is 679 g/mol. The molecule has 54 heavy (non-hydrogen) atoms. The van der Waals surface area contributed by atoms with E-state index in [9.17, 15) is 19.5 Å². The SMILES string of the molecule is CC/C=C/C/C=C/CCCCC(=O)OC(COCCC(C(=O)O)[N+](C)(C)C)COC(=O)CCCCCCCCCCCCCCCCCCCCCCC. The van der Waals surface area contributed by atoms with Crippen molar-refractivity contribution in [2.24, 2.45) is 0 Å². The first kappa shape index (κ1) is 51.8. The van der Waals surface area contributed by atoms with Gasteiger partial charge in [0.05, 0.1) is 34.4 Å². The van der Waals surface area contributed by atoms with Crippen LogP contribution in [0.2, 0.25) is 0 Å². The van der Waals surface area contributed by atoms with Gasteiger partial charge < -0.3 is 23.8 Å². The number of nitrogens with zero attached hydrogens (tertiary/aromatic N) is 1. The van der Waals surface area contributed by atoms with Gasteiger partial charge >= 0.3 is 17.9 Å². The van der Waals surface area contributed by atoms with E-state index in [4.69, 9.17) is 14.2 Å². The Bertz CT molecular complexity index is 942. The quantitative estimate of drug-likeness (QED) is 0.0287. The Hall–Kier alpha value is -2.19. The molecule has 0 heterocycles. The number of unbranched alkanes of at least 4 members (excludes halogenated alkanes) is 22. The Morgan fingerprint density at radius 2 is 1.04 bits per heavy atom. The smallest absolute Gasteiger partial charge is 0.362 e. The van der Waals surface area contributed by atoms with Gasteiger partial charge in [-0.25, -0.2) is 4.79 Å². The second-order valence-electron chi connectivity index (χ2n) is 16.3. The Kier molecular flexibility index (Phi) is 36.2. The number of esters is 2. The van der Waals surface area contributed by atoms with Crippen LogP contribution in [0.15, 0.2) is 24.3 Å². The molecule has 0 aliphatic carbocycles. The molecule has 8 nitrogen and oxygen atoms in total. The number of likely N-dealkylation sites (N-methyl/N-ethyl adjacent to an activating group) is 1. The lowest BCUT2D eigenvalue weighted by atomic mass is 10.0. The highest BCUT2D eigenvalue weighted by Crippen LogP contribution is 2.16. The molecule has 2 unspecified atom stereocenters. The largest absolute Gasteiger partial charge is 0.477 e. The van der Waals surface area contributed by atoms with Crippen molar-refractivity contribution in [1.82, 2.24) is 0 Å². The number of hydrogen-bond acceptors (Lipinski definition) is 6. The third kappa shape index (κ3) is 35.5. The van der Waals surface area contributed by atoms with E-state index >= 15 is 0 Å². The summed E-state index contributed by atoms with van der Waals surface area (Å²) in [4.78, 5) is 36.8. The monoisotopic (exact) mass is 765 g/mol. The Balaban J connectivity index is 4.16. The van der Waals surface area contributed by atoms with Gasteiger partial charge in [0, 0.05) is 19.3 Å². The molecule has 0 saturated carbocycles. The third-order valence-electron chi connectivity index (χ3n) is 10.1. The number of hydrogen-bond donors (Lipinski definition) is 1. The maximum absolute atomic E-state index is 12.6. The molecule has 0 aromatic carbocycles. The number of carboxylic acid groups (broad SMARTS) is 1. The summed E-state index contributed by atoms with van der Waals surface area (Å²) in [5.74, 6) is -1.51. The molecule has 0 saturated heterocycles. The molecule has 316 valence electrons. The molecule has 1 N–H and O–H groups in total. The summed E-state index contributed by atoms with van der Waals surface area (Å²) in [5, 5.41) is 9.59. The van der Waals surface area contributed by atoms with Gasteiger partial charge in [-0.1, -0.05) is 167 Å². The van der Waals surface area contributed by atoms with E-state index in [1.165, 1.54) is 116 Å². The molecule has 0 amide bonds. The second kappa shape index (κ2) is 37.7. The number of carbonyl (C=O) groups excluding carboxylic acids is 2. The van der Waals surface area contributed by atoms with Gasteiger partial charge in [-0.3, -0.25) is 9.59 Å². The van der Waals surface area contributed by atoms with Crippen LogP contribution >= 0.6 is 0 Å². The maximum Gasteiger partial charge on any atom is 0.362 e. The molecule has 0 aliphatic heterocycles. The molecule has 0 bridgehead atoms. The van der Waals surface area contributed by atoms with E-state index in [1.54, 1.807) is 0 Å². The lowest BCUT2D eigenvalue weighted by Crippen LogP contribution is -2.50. The zero-order chi connectivity index (χ0) is 40.0. The summed E-state index contributed by atoms with van der Waals surface area (Å²) in [7, 11) is 5.51. The highest BCUT2D eigenvalue weighted by atomic mass is 16.6. The fourth-order valence-electron chi connectivity index (χ4n) is 6.66. The maximum atomic E-state index is 12.6. The number of carboxylic acids is 1. The van der Waals surface area contributed by atoms with Gasteiger partial charge in [0.15, 0.2) is 12.1 Å². The van der Waals surface area contributed by atoms with Crippen LogP contribution in [0.3, 0.4) is 0 Å². The zero-order valence-electron chi connectivity index (χ0n) is 35.9. The number of quaternary nitrogens is 1. The standard InChI is InChI=1S/C46H85NO7/c1-6-8-10-12-14-16-17-18-19-20-21-22-23-24-25-26-27-29-30-32-34-36-44(48)53-41-42(40-52-39-38-43(46(50)51)47(3,4)5)54-45(49)37-35-33-31-28-15-13-11-9-7-2/h9,11,15,28,42-43H,6-8,10,12-14,16-27,29-41H2,1-5H3/p+1/b11-9+,28-15+. The van der Waals surface area contributed by atoms with Gasteiger partial charge in [0.25, 0.3) is 0 Å². The van der Waals surface area contributed by atoms with Crippen molar-refractivity contribution in [2.45, 2.75) is 212 Å². The second-order valence-corrected chi connectivity index (χ2v) is 16.3. The van der Waals surface area contributed by atoms with Crippen LogP contribution in [0.4, 0.5) is 0 Å². The van der Waals surface area contributed by atoms with Crippen molar-refractivity contribution >= 4 is 17.9 Å². The van der Waals surface area contributed by atoms with Crippen molar-refractivity contribution in [3.8, 4) is 0 Å². The summed E-state index contributed by atoms with van der Waals surface area (Å²) < 4.78 is 17.2. The van der Waals surface area contributed by atoms with Crippen molar-refractivity contribution in [3.63, 3.8) is 0 Å². The predicted octanol–water partition coefficient (Wildman–Crippen LogP) is 12.1. The summed E-state index contributed by atoms with van der Waals surface area (Å²) in [6.45, 7) is 4.59. The predicted molar refractivity (Wildman–Crippen MR) is 225 cm³/mol. The first-order chi connectivity index (χ1) is 26.1. The van der Waals surface area contributed by atoms with Crippen molar-refractivity contribution in [2.75, 3.05) is 41.0 Å². The first-order valence-corrected chi connectivity index (χ1v) is 22.4. The topological polar surface area (TPSA) is 99.1 Å². The van der Waals surface area contributed by atoms with Crippen molar-refractivity contribution < 1.29 is 38.2 Å². The Labute approximate surface area is 332 Å². The molecule has 8 heteroatoms. The Morgan fingerprint density at radius 1 is 0.574 bits per heavy atom. The molecule has 0 fully saturated rings. The van der Waals surface area contributed by atoms with Gasteiger partial charge in [-0.05, 0) is 38.5 Å². The normalized spacial score (nSPS) is 13.1. The number of rotatable bonds is 40. The summed E-state index contributed by atoms with van der Waals surface area (Å²) >= 11 is 0. The molecule has 2 atom stereocenters. The van der Waals surface area contributed by atoms with Crippen LogP contribution in [-0.2, 0) is 28.6 Å². The lowest BCUT2D eigenvalue weighted by Gasteiger charge is -2.31. The van der Waals surface area contributed by atoms with Crippen LogP contribution in [-0.4, -0.2) is 80.6 Å². The fourth-order valence-corrected chi connectivity index (χ4v) is 6.66.